The highest BCUT2D eigenvalue weighted by molar-refractivity contribution is 5.94. The van der Waals surface area contributed by atoms with Gasteiger partial charge in [-0.15, -0.1) is 0 Å². The van der Waals surface area contributed by atoms with E-state index in [0.29, 0.717) is 11.5 Å². The van der Waals surface area contributed by atoms with E-state index in [2.05, 4.69) is 15.4 Å². The highest BCUT2D eigenvalue weighted by Crippen LogP contribution is 2.33. The molecule has 0 radical (unpaired) electrons. The molecule has 4 aromatic rings. The maximum Gasteiger partial charge on any atom is 0.258 e. The van der Waals surface area contributed by atoms with Crippen molar-refractivity contribution in [1.82, 2.24) is 20.1 Å². The average molecular weight is 434 g/mol. The van der Waals surface area contributed by atoms with Gasteiger partial charge in [-0.3, -0.25) is 4.79 Å². The molecule has 0 aliphatic rings. The number of pyridine rings is 1. The fourth-order valence-corrected chi connectivity index (χ4v) is 3.69. The van der Waals surface area contributed by atoms with E-state index >= 15 is 0 Å². The number of furan rings is 1. The Morgan fingerprint density at radius 1 is 1.22 bits per heavy atom. The number of carbonyl (C=O) groups excluding carboxylic acids is 1. The van der Waals surface area contributed by atoms with Crippen molar-refractivity contribution in [3.05, 3.63) is 59.5 Å². The van der Waals surface area contributed by atoms with E-state index in [1.54, 1.807) is 18.1 Å². The van der Waals surface area contributed by atoms with Gasteiger partial charge in [0.1, 0.15) is 17.2 Å². The normalized spacial score (nSPS) is 12.0. The summed E-state index contributed by atoms with van der Waals surface area (Å²) in [6, 6.07) is 11.1. The number of amides is 1. The van der Waals surface area contributed by atoms with Crippen molar-refractivity contribution >= 4 is 16.9 Å². The summed E-state index contributed by atoms with van der Waals surface area (Å²) in [6.07, 6.45) is 1.65. The van der Waals surface area contributed by atoms with Crippen LogP contribution in [-0.4, -0.2) is 34.4 Å². The standard InChI is InChI=1S/C24H26N4O4/c1-14-12-21(26-24-22(14)23(27-28(24)4)19-10-11-31-16(19)3)32-13-20(29)25-15(2)17-6-8-18(30-5)9-7-17/h6-12,15H,13H2,1-5H3,(H,25,29)/t15-/m0/s1. The van der Waals surface area contributed by atoms with Crippen molar-refractivity contribution in [3.8, 4) is 22.9 Å². The predicted molar refractivity (Wildman–Crippen MR) is 121 cm³/mol. The van der Waals surface area contributed by atoms with Gasteiger partial charge in [-0.1, -0.05) is 12.1 Å². The van der Waals surface area contributed by atoms with Crippen LogP contribution >= 0.6 is 0 Å². The summed E-state index contributed by atoms with van der Waals surface area (Å²) in [5.41, 5.74) is 4.37. The Labute approximate surface area is 186 Å². The molecule has 0 unspecified atom stereocenters. The first-order valence-corrected chi connectivity index (χ1v) is 10.3. The quantitative estimate of drug-likeness (QED) is 0.471. The molecule has 0 aliphatic heterocycles. The van der Waals surface area contributed by atoms with Crippen molar-refractivity contribution in [2.24, 2.45) is 7.05 Å². The lowest BCUT2D eigenvalue weighted by Gasteiger charge is -2.15. The first-order valence-electron chi connectivity index (χ1n) is 10.3. The van der Waals surface area contributed by atoms with Crippen LogP contribution in [0, 0.1) is 13.8 Å². The molecule has 8 heteroatoms. The second-order valence-electron chi connectivity index (χ2n) is 7.69. The Bertz CT molecular complexity index is 1260. The van der Waals surface area contributed by atoms with E-state index in [1.165, 1.54) is 0 Å². The summed E-state index contributed by atoms with van der Waals surface area (Å²) in [6.45, 7) is 5.66. The van der Waals surface area contributed by atoms with Crippen LogP contribution in [0.5, 0.6) is 11.6 Å². The highest BCUT2D eigenvalue weighted by Gasteiger charge is 2.19. The monoisotopic (exact) mass is 434 g/mol. The number of ether oxygens (including phenoxy) is 2. The fourth-order valence-electron chi connectivity index (χ4n) is 3.69. The molecule has 0 saturated carbocycles. The third-order valence-electron chi connectivity index (χ3n) is 5.43. The van der Waals surface area contributed by atoms with E-state index in [1.807, 2.05) is 64.2 Å². The second kappa shape index (κ2) is 8.74. The van der Waals surface area contributed by atoms with Crippen molar-refractivity contribution < 1.29 is 18.7 Å². The molecule has 1 atom stereocenters. The van der Waals surface area contributed by atoms with Crippen LogP contribution in [0.15, 0.2) is 47.1 Å². The van der Waals surface area contributed by atoms with Crippen LogP contribution in [-0.2, 0) is 11.8 Å². The Kier molecular flexibility index (Phi) is 5.85. The summed E-state index contributed by atoms with van der Waals surface area (Å²) in [7, 11) is 3.45. The van der Waals surface area contributed by atoms with Crippen LogP contribution < -0.4 is 14.8 Å². The number of aromatic nitrogens is 3. The van der Waals surface area contributed by atoms with Gasteiger partial charge in [0.15, 0.2) is 12.3 Å². The van der Waals surface area contributed by atoms with Crippen LogP contribution in [0.4, 0.5) is 0 Å². The summed E-state index contributed by atoms with van der Waals surface area (Å²) >= 11 is 0. The minimum atomic E-state index is -0.229. The minimum Gasteiger partial charge on any atom is -0.497 e. The van der Waals surface area contributed by atoms with Gasteiger partial charge in [0.05, 0.1) is 24.8 Å². The van der Waals surface area contributed by atoms with Gasteiger partial charge in [-0.05, 0) is 50.1 Å². The number of fused-ring (bicyclic) bond motifs is 1. The predicted octanol–water partition coefficient (Wildman–Crippen LogP) is 4.11. The maximum atomic E-state index is 12.4. The zero-order chi connectivity index (χ0) is 22.8. The van der Waals surface area contributed by atoms with Gasteiger partial charge in [-0.25, -0.2) is 4.68 Å². The molecule has 8 nitrogen and oxygen atoms in total. The number of benzene rings is 1. The highest BCUT2D eigenvalue weighted by atomic mass is 16.5. The third kappa shape index (κ3) is 4.16. The van der Waals surface area contributed by atoms with Crippen molar-refractivity contribution in [3.63, 3.8) is 0 Å². The summed E-state index contributed by atoms with van der Waals surface area (Å²) in [5, 5.41) is 8.49. The van der Waals surface area contributed by atoms with Crippen molar-refractivity contribution in [1.29, 1.82) is 0 Å². The molecule has 1 amide bonds. The molecule has 0 saturated heterocycles. The second-order valence-corrected chi connectivity index (χ2v) is 7.69. The lowest BCUT2D eigenvalue weighted by atomic mass is 10.1. The number of carbonyl (C=O) groups is 1. The van der Waals surface area contributed by atoms with E-state index in [4.69, 9.17) is 13.9 Å². The van der Waals surface area contributed by atoms with Crippen molar-refractivity contribution in [2.45, 2.75) is 26.8 Å². The van der Waals surface area contributed by atoms with Crippen molar-refractivity contribution in [2.75, 3.05) is 13.7 Å². The zero-order valence-electron chi connectivity index (χ0n) is 18.8. The summed E-state index contributed by atoms with van der Waals surface area (Å²) in [5.74, 6) is 1.72. The van der Waals surface area contributed by atoms with Gasteiger partial charge in [0.25, 0.3) is 5.91 Å². The topological polar surface area (TPSA) is 91.4 Å². The van der Waals surface area contributed by atoms with E-state index in [-0.39, 0.29) is 18.6 Å². The number of hydrogen-bond acceptors (Lipinski definition) is 6. The van der Waals surface area contributed by atoms with Crippen LogP contribution in [0.25, 0.3) is 22.3 Å². The lowest BCUT2D eigenvalue weighted by Crippen LogP contribution is -2.31. The molecule has 3 heterocycles. The largest absolute Gasteiger partial charge is 0.497 e. The van der Waals surface area contributed by atoms with Crippen LogP contribution in [0.1, 0.15) is 29.9 Å². The smallest absolute Gasteiger partial charge is 0.258 e. The molecule has 1 aromatic carbocycles. The number of methoxy groups -OCH3 is 1. The van der Waals surface area contributed by atoms with Gasteiger partial charge >= 0.3 is 0 Å². The Morgan fingerprint density at radius 3 is 2.62 bits per heavy atom. The first-order chi connectivity index (χ1) is 15.4. The Morgan fingerprint density at radius 2 is 1.97 bits per heavy atom. The Hall–Kier alpha value is -3.81. The van der Waals surface area contributed by atoms with Gasteiger partial charge in [-0.2, -0.15) is 10.1 Å². The molecule has 0 spiro atoms. The fraction of sp³-hybridized carbons (Fsp3) is 0.292. The number of rotatable bonds is 7. The van der Waals surface area contributed by atoms with E-state index in [9.17, 15) is 4.79 Å². The third-order valence-corrected chi connectivity index (χ3v) is 5.43. The molecule has 0 bridgehead atoms. The average Bonchev–Trinajstić information content (AvgIpc) is 3.35. The maximum absolute atomic E-state index is 12.4. The van der Waals surface area contributed by atoms with Crippen LogP contribution in [0.3, 0.4) is 0 Å². The molecule has 3 aromatic heterocycles. The molecule has 4 rings (SSSR count). The lowest BCUT2D eigenvalue weighted by molar-refractivity contribution is -0.123. The first kappa shape index (κ1) is 21.4. The zero-order valence-corrected chi connectivity index (χ0v) is 18.8. The molecule has 0 aliphatic carbocycles. The van der Waals surface area contributed by atoms with E-state index in [0.717, 1.165) is 39.3 Å². The summed E-state index contributed by atoms with van der Waals surface area (Å²) in [4.78, 5) is 17.0. The number of nitrogens with one attached hydrogen (secondary N) is 1. The van der Waals surface area contributed by atoms with Gasteiger partial charge < -0.3 is 19.2 Å². The minimum absolute atomic E-state index is 0.135. The Balaban J connectivity index is 1.47. The molecule has 1 N–H and O–H groups in total. The number of aryl methyl sites for hydroxylation is 3. The molecule has 32 heavy (non-hydrogen) atoms. The van der Waals surface area contributed by atoms with Gasteiger partial charge in [0, 0.05) is 18.7 Å². The summed E-state index contributed by atoms with van der Waals surface area (Å²) < 4.78 is 18.0. The number of nitrogens with zero attached hydrogens (tertiary/aromatic N) is 3. The molecular weight excluding hydrogens is 408 g/mol. The molecule has 166 valence electrons. The van der Waals surface area contributed by atoms with E-state index < -0.39 is 0 Å². The number of hydrogen-bond donors (Lipinski definition) is 1. The SMILES string of the molecule is COc1ccc([C@H](C)NC(=O)COc2cc(C)c3c(-c4ccoc4C)nn(C)c3n2)cc1. The van der Waals surface area contributed by atoms with Gasteiger partial charge in [0.2, 0.25) is 5.88 Å². The van der Waals surface area contributed by atoms with Crippen LogP contribution in [0.2, 0.25) is 0 Å². The molecular formula is C24H26N4O4. The molecule has 0 fully saturated rings.